The molecule has 0 aromatic heterocycles. The molecule has 4 nitrogen and oxygen atoms in total. The van der Waals surface area contributed by atoms with Crippen molar-refractivity contribution in [3.63, 3.8) is 0 Å². The minimum absolute atomic E-state index is 0.207. The van der Waals surface area contributed by atoms with Crippen molar-refractivity contribution in [3.05, 3.63) is 53.6 Å². The van der Waals surface area contributed by atoms with Gasteiger partial charge in [0.25, 0.3) is 0 Å². The third kappa shape index (κ3) is 7.62. The predicted molar refractivity (Wildman–Crippen MR) is 121 cm³/mol. The van der Waals surface area contributed by atoms with Crippen LogP contribution in [0.3, 0.4) is 0 Å². The van der Waals surface area contributed by atoms with E-state index in [0.29, 0.717) is 0 Å². The van der Waals surface area contributed by atoms with Gasteiger partial charge in [-0.25, -0.2) is 0 Å². The monoisotopic (exact) mass is 399 g/mol. The molecule has 1 unspecified atom stereocenters. The number of rotatable bonds is 13. The highest BCUT2D eigenvalue weighted by Crippen LogP contribution is 2.34. The van der Waals surface area contributed by atoms with E-state index in [4.69, 9.17) is 9.47 Å². The number of unbranched alkanes of at least 4 members (excludes halogenated alkanes) is 2. The molecule has 1 N–H and O–H groups in total. The van der Waals surface area contributed by atoms with Gasteiger partial charge in [-0.15, -0.1) is 0 Å². The lowest BCUT2D eigenvalue weighted by atomic mass is 10.1. The van der Waals surface area contributed by atoms with Crippen LogP contribution in [0, 0.1) is 13.8 Å². The maximum atomic E-state index is 10.4. The fourth-order valence-electron chi connectivity index (χ4n) is 3.34. The van der Waals surface area contributed by atoms with E-state index >= 15 is 0 Å². The zero-order valence-corrected chi connectivity index (χ0v) is 18.5. The van der Waals surface area contributed by atoms with Gasteiger partial charge in [0.15, 0.2) is 0 Å². The highest BCUT2D eigenvalue weighted by Gasteiger charge is 2.17. The molecule has 0 amide bonds. The largest absolute Gasteiger partial charge is 0.491 e. The third-order valence-corrected chi connectivity index (χ3v) is 4.91. The van der Waals surface area contributed by atoms with Gasteiger partial charge >= 0.3 is 0 Å². The van der Waals surface area contributed by atoms with Gasteiger partial charge in [0.1, 0.15) is 30.8 Å². The van der Waals surface area contributed by atoms with E-state index in [1.54, 1.807) is 0 Å². The second-order valence-electron chi connectivity index (χ2n) is 7.71. The summed E-state index contributed by atoms with van der Waals surface area (Å²) >= 11 is 0. The number of hydrogen-bond acceptors (Lipinski definition) is 4. The number of aliphatic hydroxyl groups excluding tert-OH is 1. The van der Waals surface area contributed by atoms with Crippen molar-refractivity contribution in [2.75, 3.05) is 31.2 Å². The molecule has 0 saturated carbocycles. The minimum Gasteiger partial charge on any atom is -0.491 e. The molecular formula is C25H37NO3. The summed E-state index contributed by atoms with van der Waals surface area (Å²) in [6.45, 7) is 11.1. The molecule has 2 aromatic rings. The molecule has 160 valence electrons. The van der Waals surface area contributed by atoms with Crippen LogP contribution in [-0.2, 0) is 0 Å². The quantitative estimate of drug-likeness (QED) is 0.481. The first-order valence-corrected chi connectivity index (χ1v) is 10.9. The van der Waals surface area contributed by atoms with Gasteiger partial charge in [-0.1, -0.05) is 51.0 Å². The number of aliphatic hydroxyl groups is 1. The Hall–Kier alpha value is -2.20. The van der Waals surface area contributed by atoms with Crippen molar-refractivity contribution in [2.24, 2.45) is 0 Å². The number of anilines is 1. The van der Waals surface area contributed by atoms with Gasteiger partial charge in [-0.05, 0) is 56.0 Å². The molecule has 0 aliphatic heterocycles. The first-order chi connectivity index (χ1) is 14.0. The van der Waals surface area contributed by atoms with Crippen molar-refractivity contribution >= 4 is 5.69 Å². The van der Waals surface area contributed by atoms with Gasteiger partial charge in [0.2, 0.25) is 0 Å². The van der Waals surface area contributed by atoms with Crippen molar-refractivity contribution in [2.45, 2.75) is 59.5 Å². The lowest BCUT2D eigenvalue weighted by molar-refractivity contribution is 0.0625. The lowest BCUT2D eigenvalue weighted by Gasteiger charge is -2.28. The number of para-hydroxylation sites is 1. The third-order valence-electron chi connectivity index (χ3n) is 4.91. The number of hydrogen-bond donors (Lipinski definition) is 1. The van der Waals surface area contributed by atoms with Gasteiger partial charge in [-0.2, -0.15) is 0 Å². The topological polar surface area (TPSA) is 41.9 Å². The zero-order chi connectivity index (χ0) is 21.1. The minimum atomic E-state index is -0.691. The molecule has 0 fully saturated rings. The second-order valence-corrected chi connectivity index (χ2v) is 7.71. The first kappa shape index (κ1) is 23.1. The smallest absolute Gasteiger partial charge is 0.145 e. The first-order valence-electron chi connectivity index (χ1n) is 10.9. The Kier molecular flexibility index (Phi) is 9.85. The molecule has 0 radical (unpaired) electrons. The van der Waals surface area contributed by atoms with Crippen molar-refractivity contribution in [3.8, 4) is 11.5 Å². The Bertz CT molecular complexity index is 710. The summed E-state index contributed by atoms with van der Waals surface area (Å²) in [5.41, 5.74) is 3.48. The van der Waals surface area contributed by atoms with Crippen LogP contribution in [0.4, 0.5) is 5.69 Å². The number of nitrogens with zero attached hydrogens (tertiary/aromatic N) is 1. The molecule has 0 aliphatic rings. The Morgan fingerprint density at radius 2 is 1.52 bits per heavy atom. The Labute approximate surface area is 176 Å². The summed E-state index contributed by atoms with van der Waals surface area (Å²) in [7, 11) is 0. The molecular weight excluding hydrogens is 362 g/mol. The molecule has 0 heterocycles. The van der Waals surface area contributed by atoms with E-state index in [1.165, 1.54) is 18.4 Å². The van der Waals surface area contributed by atoms with Gasteiger partial charge in [0, 0.05) is 13.1 Å². The van der Waals surface area contributed by atoms with Gasteiger partial charge < -0.3 is 19.5 Å². The van der Waals surface area contributed by atoms with Crippen molar-refractivity contribution in [1.29, 1.82) is 0 Å². The molecule has 0 bridgehead atoms. The van der Waals surface area contributed by atoms with Crippen LogP contribution in [-0.4, -0.2) is 37.5 Å². The summed E-state index contributed by atoms with van der Waals surface area (Å²) in [6, 6.07) is 13.9. The highest BCUT2D eigenvalue weighted by atomic mass is 16.5. The van der Waals surface area contributed by atoms with Crippen molar-refractivity contribution < 1.29 is 14.6 Å². The number of benzene rings is 2. The summed E-state index contributed by atoms with van der Waals surface area (Å²) in [6.07, 6.45) is 3.95. The Morgan fingerprint density at radius 1 is 0.897 bits per heavy atom. The average molecular weight is 400 g/mol. The predicted octanol–water partition coefficient (Wildman–Crippen LogP) is 5.53. The van der Waals surface area contributed by atoms with Crippen LogP contribution in [0.5, 0.6) is 11.5 Å². The molecule has 0 aliphatic carbocycles. The molecule has 4 heteroatoms. The SMILES string of the molecule is CCCCN(CCCC)c1cc(C)cc(C)c1OCC(O)COc1ccccc1. The standard InChI is InChI=1S/C25H37NO3/c1-5-7-14-26(15-8-6-2)24-17-20(3)16-21(4)25(24)29-19-22(27)18-28-23-12-10-9-11-13-23/h9-13,16-17,22,27H,5-8,14-15,18-19H2,1-4H3. The number of aryl methyl sites for hydroxylation is 2. The summed E-state index contributed by atoms with van der Waals surface area (Å²) in [5.74, 6) is 1.63. The maximum absolute atomic E-state index is 10.4. The lowest BCUT2D eigenvalue weighted by Crippen LogP contribution is -2.28. The van der Waals surface area contributed by atoms with Gasteiger partial charge in [0.05, 0.1) is 5.69 Å². The fourth-order valence-corrected chi connectivity index (χ4v) is 3.34. The summed E-state index contributed by atoms with van der Waals surface area (Å²) < 4.78 is 11.8. The molecule has 2 rings (SSSR count). The molecule has 0 spiro atoms. The molecule has 2 aromatic carbocycles. The van der Waals surface area contributed by atoms with E-state index < -0.39 is 6.10 Å². The number of ether oxygens (including phenoxy) is 2. The van der Waals surface area contributed by atoms with Crippen LogP contribution in [0.1, 0.15) is 50.7 Å². The molecule has 29 heavy (non-hydrogen) atoms. The van der Waals surface area contributed by atoms with Crippen LogP contribution < -0.4 is 14.4 Å². The highest BCUT2D eigenvalue weighted by molar-refractivity contribution is 5.63. The molecule has 1 atom stereocenters. The van der Waals surface area contributed by atoms with E-state index in [9.17, 15) is 5.11 Å². The van der Waals surface area contributed by atoms with E-state index in [2.05, 4.69) is 44.7 Å². The normalized spacial score (nSPS) is 11.9. The van der Waals surface area contributed by atoms with E-state index in [-0.39, 0.29) is 13.2 Å². The van der Waals surface area contributed by atoms with Crippen LogP contribution >= 0.6 is 0 Å². The van der Waals surface area contributed by atoms with Gasteiger partial charge in [-0.3, -0.25) is 0 Å². The van der Waals surface area contributed by atoms with E-state index in [1.807, 2.05) is 30.3 Å². The summed E-state index contributed by atoms with van der Waals surface area (Å²) in [5, 5.41) is 10.4. The average Bonchev–Trinajstić information content (AvgIpc) is 2.72. The van der Waals surface area contributed by atoms with Crippen molar-refractivity contribution in [1.82, 2.24) is 0 Å². The maximum Gasteiger partial charge on any atom is 0.145 e. The Morgan fingerprint density at radius 3 is 2.14 bits per heavy atom. The zero-order valence-electron chi connectivity index (χ0n) is 18.5. The summed E-state index contributed by atoms with van der Waals surface area (Å²) in [4.78, 5) is 2.44. The van der Waals surface area contributed by atoms with Crippen LogP contribution in [0.2, 0.25) is 0 Å². The van der Waals surface area contributed by atoms with Crippen LogP contribution in [0.15, 0.2) is 42.5 Å². The van der Waals surface area contributed by atoms with Crippen LogP contribution in [0.25, 0.3) is 0 Å². The molecule has 0 saturated heterocycles. The fraction of sp³-hybridized carbons (Fsp3) is 0.520. The Balaban J connectivity index is 2.07. The van der Waals surface area contributed by atoms with E-state index in [0.717, 1.165) is 48.7 Å². The second kappa shape index (κ2) is 12.4.